The number of hydrogen-bond donors (Lipinski definition) is 0. The quantitative estimate of drug-likeness (QED) is 0.667. The van der Waals surface area contributed by atoms with Crippen molar-refractivity contribution >= 4 is 23.7 Å². The third-order valence-electron chi connectivity index (χ3n) is 1.23. The van der Waals surface area contributed by atoms with Crippen LogP contribution >= 0.6 is 14.1 Å². The van der Waals surface area contributed by atoms with Gasteiger partial charge in [0.05, 0.1) is 0 Å². The van der Waals surface area contributed by atoms with Crippen LogP contribution in [-0.4, -0.2) is 9.57 Å². The molecule has 4 heteroatoms. The second kappa shape index (κ2) is 3.36. The summed E-state index contributed by atoms with van der Waals surface area (Å²) in [6, 6.07) is 0. The Bertz CT molecular complexity index is 343. The fourth-order valence-corrected chi connectivity index (χ4v) is 2.77. The SMILES string of the molecule is O=[C]=[Fe]([Br])(=[C]=O)[CH]1C=CC=C1. The van der Waals surface area contributed by atoms with Gasteiger partial charge in [-0.1, -0.05) is 0 Å². The molecule has 1 rings (SSSR count). The van der Waals surface area contributed by atoms with Crippen molar-refractivity contribution in [2.75, 3.05) is 0 Å². The van der Waals surface area contributed by atoms with Gasteiger partial charge in [-0.2, -0.15) is 0 Å². The van der Waals surface area contributed by atoms with Gasteiger partial charge in [0.1, 0.15) is 0 Å². The molecule has 0 atom stereocenters. The summed E-state index contributed by atoms with van der Waals surface area (Å²) in [6.07, 6.45) is 7.20. The molecule has 0 aromatic rings. The van der Waals surface area contributed by atoms with E-state index in [1.165, 1.54) is 0 Å². The van der Waals surface area contributed by atoms with Crippen LogP contribution in [-0.2, 0) is 19.8 Å². The van der Waals surface area contributed by atoms with Crippen LogP contribution in [0.1, 0.15) is 0 Å². The van der Waals surface area contributed by atoms with Gasteiger partial charge < -0.3 is 0 Å². The summed E-state index contributed by atoms with van der Waals surface area (Å²) in [7, 11) is -2.59. The molecule has 0 spiro atoms. The third-order valence-corrected chi connectivity index (χ3v) is 5.81. The molecular weight excluding hydrogens is 252 g/mol. The minimum absolute atomic E-state index is 0.127. The molecule has 2 nitrogen and oxygen atoms in total. The number of hydrogen-bond acceptors (Lipinski definition) is 2. The van der Waals surface area contributed by atoms with Gasteiger partial charge in [-0.25, -0.2) is 0 Å². The van der Waals surface area contributed by atoms with Gasteiger partial charge in [0.2, 0.25) is 0 Å². The molecular formula is C7H5BrFeO2. The van der Waals surface area contributed by atoms with Gasteiger partial charge in [-0.3, -0.25) is 0 Å². The Morgan fingerprint density at radius 2 is 1.64 bits per heavy atom. The molecule has 0 heterocycles. The summed E-state index contributed by atoms with van der Waals surface area (Å²) in [5.74, 6) is 0. The van der Waals surface area contributed by atoms with Crippen LogP contribution in [0.2, 0.25) is 4.82 Å². The Hall–Kier alpha value is -0.361. The summed E-state index contributed by atoms with van der Waals surface area (Å²) in [4.78, 5) is 24.1. The van der Waals surface area contributed by atoms with Crippen molar-refractivity contribution in [2.45, 2.75) is 4.82 Å². The van der Waals surface area contributed by atoms with Crippen LogP contribution in [0.25, 0.3) is 0 Å². The topological polar surface area (TPSA) is 34.1 Å². The van der Waals surface area contributed by atoms with Gasteiger partial charge in [0, 0.05) is 0 Å². The Labute approximate surface area is 72.6 Å². The predicted octanol–water partition coefficient (Wildman–Crippen LogP) is 1.50. The Balaban J connectivity index is 3.30. The van der Waals surface area contributed by atoms with Crippen molar-refractivity contribution in [1.82, 2.24) is 0 Å². The molecule has 11 heavy (non-hydrogen) atoms. The first-order valence-corrected chi connectivity index (χ1v) is 7.24. The van der Waals surface area contributed by atoms with Crippen LogP contribution < -0.4 is 0 Å². The fraction of sp³-hybridized carbons (Fsp3) is 0.143. The zero-order chi connectivity index (χ0) is 8.32. The zero-order valence-corrected chi connectivity index (χ0v) is 8.12. The molecule has 0 unspecified atom stereocenters. The second-order valence-electron chi connectivity index (χ2n) is 1.85. The van der Waals surface area contributed by atoms with Crippen LogP contribution in [0, 0.1) is 0 Å². The Morgan fingerprint density at radius 1 is 1.18 bits per heavy atom. The first kappa shape index (κ1) is 8.73. The third kappa shape index (κ3) is 1.62. The van der Waals surface area contributed by atoms with Gasteiger partial charge in [0.25, 0.3) is 0 Å². The van der Waals surface area contributed by atoms with E-state index < -0.39 is 10.2 Å². The summed E-state index contributed by atoms with van der Waals surface area (Å²) < 4.78 is 0. The Morgan fingerprint density at radius 3 is 2.00 bits per heavy atom. The van der Waals surface area contributed by atoms with Gasteiger partial charge in [-0.05, 0) is 0 Å². The molecule has 0 saturated heterocycles. The van der Waals surface area contributed by atoms with E-state index in [4.69, 9.17) is 0 Å². The summed E-state index contributed by atoms with van der Waals surface area (Å²) in [5.41, 5.74) is 0. The van der Waals surface area contributed by atoms with Crippen molar-refractivity contribution in [3.8, 4) is 0 Å². The van der Waals surface area contributed by atoms with Crippen LogP contribution in [0.4, 0.5) is 0 Å². The maximum absolute atomic E-state index is 10.4. The van der Waals surface area contributed by atoms with E-state index >= 15 is 0 Å². The summed E-state index contributed by atoms with van der Waals surface area (Å²) >= 11 is 3.09. The van der Waals surface area contributed by atoms with Gasteiger partial charge in [-0.15, -0.1) is 0 Å². The molecule has 0 radical (unpaired) electrons. The van der Waals surface area contributed by atoms with E-state index in [1.807, 2.05) is 0 Å². The second-order valence-corrected chi connectivity index (χ2v) is 8.25. The molecule has 0 bridgehead atoms. The fourth-order valence-electron chi connectivity index (χ4n) is 0.698. The van der Waals surface area contributed by atoms with Crippen molar-refractivity contribution in [3.63, 3.8) is 0 Å². The monoisotopic (exact) mass is 256 g/mol. The van der Waals surface area contributed by atoms with E-state index in [-0.39, 0.29) is 4.82 Å². The average Bonchev–Trinajstić information content (AvgIpc) is 2.55. The van der Waals surface area contributed by atoms with Crippen LogP contribution in [0.3, 0.4) is 0 Å². The summed E-state index contributed by atoms with van der Waals surface area (Å²) in [6.45, 7) is 0. The molecule has 0 aromatic heterocycles. The number of allylic oxidation sites excluding steroid dienone is 4. The molecule has 1 aliphatic carbocycles. The van der Waals surface area contributed by atoms with E-state index in [0.717, 1.165) is 0 Å². The van der Waals surface area contributed by atoms with Crippen molar-refractivity contribution in [1.29, 1.82) is 0 Å². The first-order valence-electron chi connectivity index (χ1n) is 2.77. The molecule has 60 valence electrons. The van der Waals surface area contributed by atoms with Gasteiger partial charge >= 0.3 is 72.6 Å². The standard InChI is InChI=1S/C5H5.2CO.BrH.Fe/c1-2-4-5-3-1;2*1-2;;/h1-5H;;;1H;/q;;;;+1/p-1. The minimum atomic E-state index is -2.59. The van der Waals surface area contributed by atoms with Crippen LogP contribution in [0.15, 0.2) is 24.3 Å². The average molecular weight is 257 g/mol. The number of carbonyl (C=O) groups excluding carboxylic acids is 2. The van der Waals surface area contributed by atoms with E-state index in [2.05, 4.69) is 14.1 Å². The Kier molecular flexibility index (Phi) is 2.67. The molecule has 0 aliphatic heterocycles. The summed E-state index contributed by atoms with van der Waals surface area (Å²) in [5, 5.41) is 0. The van der Waals surface area contributed by atoms with Crippen LogP contribution in [0.5, 0.6) is 0 Å². The van der Waals surface area contributed by atoms with E-state index in [1.54, 1.807) is 33.9 Å². The molecule has 0 fully saturated rings. The molecule has 0 N–H and O–H groups in total. The molecule has 0 aromatic carbocycles. The molecule has 0 amide bonds. The predicted molar refractivity (Wildman–Crippen MR) is 42.3 cm³/mol. The number of halogens is 1. The normalized spacial score (nSPS) is 17.9. The molecule has 1 aliphatic rings. The molecule has 0 saturated carbocycles. The first-order chi connectivity index (χ1) is 5.23. The van der Waals surface area contributed by atoms with Gasteiger partial charge in [0.15, 0.2) is 0 Å². The number of rotatable bonds is 1. The van der Waals surface area contributed by atoms with E-state index in [9.17, 15) is 9.59 Å². The van der Waals surface area contributed by atoms with Crippen molar-refractivity contribution in [2.24, 2.45) is 0 Å². The zero-order valence-electron chi connectivity index (χ0n) is 5.43. The van der Waals surface area contributed by atoms with Crippen molar-refractivity contribution < 1.29 is 19.8 Å². The van der Waals surface area contributed by atoms with Crippen molar-refractivity contribution in [3.05, 3.63) is 24.3 Å². The maximum atomic E-state index is 10.4. The van der Waals surface area contributed by atoms with E-state index in [0.29, 0.717) is 0 Å².